The first kappa shape index (κ1) is 20.8. The molecule has 5 nitrogen and oxygen atoms in total. The number of amides is 3. The van der Waals surface area contributed by atoms with E-state index in [9.17, 15) is 9.59 Å². The molecular weight excluding hydrogens is 362 g/mol. The fraction of sp³-hybridized carbons (Fsp3) is 0.333. The molecule has 0 saturated carbocycles. The highest BCUT2D eigenvalue weighted by Crippen LogP contribution is 2.19. The number of urea groups is 1. The van der Waals surface area contributed by atoms with Crippen LogP contribution in [-0.4, -0.2) is 25.5 Å². The van der Waals surface area contributed by atoms with Crippen LogP contribution in [0.1, 0.15) is 43.0 Å². The Labute approximate surface area is 165 Å². The van der Waals surface area contributed by atoms with E-state index in [2.05, 4.69) is 17.6 Å². The summed E-state index contributed by atoms with van der Waals surface area (Å²) in [5.41, 5.74) is 1.98. The summed E-state index contributed by atoms with van der Waals surface area (Å²) in [7, 11) is 1.71. The van der Waals surface area contributed by atoms with Crippen molar-refractivity contribution in [2.24, 2.45) is 0 Å². The monoisotopic (exact) mass is 387 g/mol. The Morgan fingerprint density at radius 2 is 1.63 bits per heavy atom. The van der Waals surface area contributed by atoms with Gasteiger partial charge in [0.25, 0.3) is 5.91 Å². The highest BCUT2D eigenvalue weighted by molar-refractivity contribution is 6.30. The molecule has 3 amide bonds. The molecule has 0 fully saturated rings. The van der Waals surface area contributed by atoms with Gasteiger partial charge in [0.2, 0.25) is 0 Å². The molecule has 0 atom stereocenters. The van der Waals surface area contributed by atoms with Crippen LogP contribution in [0.15, 0.2) is 48.5 Å². The minimum atomic E-state index is -0.218. The second-order valence-corrected chi connectivity index (χ2v) is 6.80. The molecule has 2 aromatic rings. The molecular formula is C21H26ClN3O2. The third-order valence-corrected chi connectivity index (χ3v) is 4.48. The molecule has 0 radical (unpaired) electrons. The maximum atomic E-state index is 12.5. The van der Waals surface area contributed by atoms with Crippen LogP contribution in [0, 0.1) is 0 Å². The first-order valence-electron chi connectivity index (χ1n) is 9.20. The smallest absolute Gasteiger partial charge is 0.319 e. The van der Waals surface area contributed by atoms with Gasteiger partial charge in [0.1, 0.15) is 0 Å². The number of carbonyl (C=O) groups excluding carboxylic acids is 2. The molecule has 0 bridgehead atoms. The fourth-order valence-electron chi connectivity index (χ4n) is 2.60. The van der Waals surface area contributed by atoms with E-state index in [1.165, 1.54) is 12.8 Å². The lowest BCUT2D eigenvalue weighted by atomic mass is 10.2. The summed E-state index contributed by atoms with van der Waals surface area (Å²) < 4.78 is 0. The summed E-state index contributed by atoms with van der Waals surface area (Å²) >= 11 is 5.86. The lowest BCUT2D eigenvalue weighted by molar-refractivity contribution is 0.0993. The predicted octanol–water partition coefficient (Wildman–Crippen LogP) is 5.32. The summed E-state index contributed by atoms with van der Waals surface area (Å²) in [4.78, 5) is 26.0. The second kappa shape index (κ2) is 10.6. The molecule has 0 aliphatic carbocycles. The number of hydrogen-bond donors (Lipinski definition) is 2. The van der Waals surface area contributed by atoms with Crippen LogP contribution in [-0.2, 0) is 0 Å². The van der Waals surface area contributed by atoms with Gasteiger partial charge in [-0.25, -0.2) is 4.79 Å². The minimum Gasteiger partial charge on any atom is -0.338 e. The Morgan fingerprint density at radius 3 is 2.26 bits per heavy atom. The van der Waals surface area contributed by atoms with Crippen molar-refractivity contribution >= 4 is 34.9 Å². The van der Waals surface area contributed by atoms with Crippen molar-refractivity contribution < 1.29 is 9.59 Å². The zero-order chi connectivity index (χ0) is 19.6. The molecule has 2 rings (SSSR count). The second-order valence-electron chi connectivity index (χ2n) is 6.36. The lowest BCUT2D eigenvalue weighted by Crippen LogP contribution is -2.29. The Morgan fingerprint density at radius 1 is 0.963 bits per heavy atom. The Kier molecular flexibility index (Phi) is 8.14. The molecule has 0 aliphatic rings. The van der Waals surface area contributed by atoms with E-state index in [-0.39, 0.29) is 11.9 Å². The summed E-state index contributed by atoms with van der Waals surface area (Å²) in [5, 5.41) is 6.24. The normalized spacial score (nSPS) is 10.3. The first-order chi connectivity index (χ1) is 13.0. The van der Waals surface area contributed by atoms with E-state index in [0.717, 1.165) is 18.5 Å². The topological polar surface area (TPSA) is 61.4 Å². The van der Waals surface area contributed by atoms with Crippen molar-refractivity contribution in [3.05, 3.63) is 59.1 Å². The Hall–Kier alpha value is -2.53. The number of halogens is 1. The van der Waals surface area contributed by atoms with Gasteiger partial charge in [0.05, 0.1) is 0 Å². The van der Waals surface area contributed by atoms with Gasteiger partial charge in [-0.1, -0.05) is 37.8 Å². The van der Waals surface area contributed by atoms with Gasteiger partial charge in [-0.15, -0.1) is 0 Å². The highest BCUT2D eigenvalue weighted by atomic mass is 35.5. The van der Waals surface area contributed by atoms with Crippen LogP contribution >= 0.6 is 11.6 Å². The predicted molar refractivity (Wildman–Crippen MR) is 112 cm³/mol. The number of rotatable bonds is 8. The molecule has 6 heteroatoms. The molecule has 0 aromatic heterocycles. The van der Waals surface area contributed by atoms with Crippen molar-refractivity contribution in [3.63, 3.8) is 0 Å². The van der Waals surface area contributed by atoms with E-state index >= 15 is 0 Å². The van der Waals surface area contributed by atoms with Crippen LogP contribution < -0.4 is 15.5 Å². The maximum absolute atomic E-state index is 12.5. The van der Waals surface area contributed by atoms with Gasteiger partial charge in [0, 0.05) is 35.6 Å². The van der Waals surface area contributed by atoms with Gasteiger partial charge in [-0.2, -0.15) is 0 Å². The summed E-state index contributed by atoms with van der Waals surface area (Å²) in [5.74, 6) is -0.128. The van der Waals surface area contributed by atoms with Crippen molar-refractivity contribution in [1.82, 2.24) is 5.32 Å². The van der Waals surface area contributed by atoms with E-state index in [1.54, 1.807) is 60.5 Å². The van der Waals surface area contributed by atoms with E-state index < -0.39 is 0 Å². The quantitative estimate of drug-likeness (QED) is 0.602. The molecule has 0 heterocycles. The van der Waals surface area contributed by atoms with Crippen molar-refractivity contribution in [1.29, 1.82) is 0 Å². The fourth-order valence-corrected chi connectivity index (χ4v) is 2.73. The maximum Gasteiger partial charge on any atom is 0.319 e. The number of benzene rings is 2. The van der Waals surface area contributed by atoms with Gasteiger partial charge in [0.15, 0.2) is 0 Å². The van der Waals surface area contributed by atoms with Crippen LogP contribution in [0.4, 0.5) is 16.2 Å². The standard InChI is InChI=1S/C21H26ClN3O2/c1-3-4-5-6-15-23-21(27)24-18-11-13-19(14-12-18)25(2)20(26)16-7-9-17(22)10-8-16/h7-14H,3-6,15H2,1-2H3,(H2,23,24,27). The number of anilines is 2. The molecule has 0 spiro atoms. The molecule has 144 valence electrons. The molecule has 2 aromatic carbocycles. The van der Waals surface area contributed by atoms with Crippen LogP contribution in [0.2, 0.25) is 5.02 Å². The number of hydrogen-bond acceptors (Lipinski definition) is 2. The number of carbonyl (C=O) groups is 2. The van der Waals surface area contributed by atoms with E-state index in [4.69, 9.17) is 11.6 Å². The minimum absolute atomic E-state index is 0.128. The van der Waals surface area contributed by atoms with Gasteiger partial charge in [-0.3, -0.25) is 4.79 Å². The van der Waals surface area contributed by atoms with Gasteiger partial charge < -0.3 is 15.5 Å². The van der Waals surface area contributed by atoms with Gasteiger partial charge in [-0.05, 0) is 55.0 Å². The lowest BCUT2D eigenvalue weighted by Gasteiger charge is -2.18. The molecule has 0 aliphatic heterocycles. The third kappa shape index (κ3) is 6.61. The Balaban J connectivity index is 1.87. The average molecular weight is 388 g/mol. The number of nitrogens with one attached hydrogen (secondary N) is 2. The SMILES string of the molecule is CCCCCCNC(=O)Nc1ccc(N(C)C(=O)c2ccc(Cl)cc2)cc1. The molecule has 0 unspecified atom stereocenters. The first-order valence-corrected chi connectivity index (χ1v) is 9.57. The zero-order valence-electron chi connectivity index (χ0n) is 15.8. The van der Waals surface area contributed by atoms with Crippen LogP contribution in [0.25, 0.3) is 0 Å². The largest absolute Gasteiger partial charge is 0.338 e. The summed E-state index contributed by atoms with van der Waals surface area (Å²) in [6, 6.07) is 13.7. The van der Waals surface area contributed by atoms with Crippen molar-refractivity contribution in [3.8, 4) is 0 Å². The third-order valence-electron chi connectivity index (χ3n) is 4.22. The van der Waals surface area contributed by atoms with Crippen LogP contribution in [0.3, 0.4) is 0 Å². The van der Waals surface area contributed by atoms with Crippen molar-refractivity contribution in [2.45, 2.75) is 32.6 Å². The Bertz CT molecular complexity index is 745. The molecule has 0 saturated heterocycles. The molecule has 2 N–H and O–H groups in total. The van der Waals surface area contributed by atoms with Crippen molar-refractivity contribution in [2.75, 3.05) is 23.8 Å². The zero-order valence-corrected chi connectivity index (χ0v) is 16.6. The number of nitrogens with zero attached hydrogens (tertiary/aromatic N) is 1. The number of unbranched alkanes of at least 4 members (excludes halogenated alkanes) is 3. The van der Waals surface area contributed by atoms with Gasteiger partial charge >= 0.3 is 6.03 Å². The van der Waals surface area contributed by atoms with E-state index in [1.807, 2.05) is 0 Å². The van der Waals surface area contributed by atoms with Crippen LogP contribution in [0.5, 0.6) is 0 Å². The molecule has 27 heavy (non-hydrogen) atoms. The highest BCUT2D eigenvalue weighted by Gasteiger charge is 2.13. The summed E-state index contributed by atoms with van der Waals surface area (Å²) in [6.07, 6.45) is 4.47. The summed E-state index contributed by atoms with van der Waals surface area (Å²) in [6.45, 7) is 2.83. The van der Waals surface area contributed by atoms with E-state index in [0.29, 0.717) is 22.8 Å². The average Bonchev–Trinajstić information content (AvgIpc) is 2.68.